The Bertz CT molecular complexity index is 643. The van der Waals surface area contributed by atoms with Crippen molar-refractivity contribution in [3.05, 3.63) is 58.6 Å². The van der Waals surface area contributed by atoms with Crippen LogP contribution < -0.4 is 15.5 Å². The van der Waals surface area contributed by atoms with Crippen molar-refractivity contribution in [2.45, 2.75) is 13.8 Å². The van der Waals surface area contributed by atoms with E-state index in [1.807, 2.05) is 24.3 Å². The highest BCUT2D eigenvalue weighted by atomic mass is 79.9. The van der Waals surface area contributed by atoms with E-state index >= 15 is 0 Å². The Labute approximate surface area is 146 Å². The second-order valence-corrected chi connectivity index (χ2v) is 6.22. The van der Waals surface area contributed by atoms with Crippen LogP contribution in [-0.4, -0.2) is 25.7 Å². The summed E-state index contributed by atoms with van der Waals surface area (Å²) in [5, 5.41) is 5.71. The van der Waals surface area contributed by atoms with Crippen LogP contribution in [0.2, 0.25) is 0 Å². The van der Waals surface area contributed by atoms with E-state index in [1.54, 1.807) is 0 Å². The second-order valence-electron chi connectivity index (χ2n) is 5.31. The van der Waals surface area contributed by atoms with Crippen LogP contribution in [0.15, 0.2) is 53.0 Å². The number of anilines is 2. The topological polar surface area (TPSA) is 44.4 Å². The van der Waals surface area contributed by atoms with Crippen LogP contribution in [0.3, 0.4) is 0 Å². The normalized spacial score (nSPS) is 10.2. The summed E-state index contributed by atoms with van der Waals surface area (Å²) in [6.45, 7) is 6.46. The molecule has 0 saturated carbocycles. The Morgan fingerprint density at radius 3 is 2.57 bits per heavy atom. The number of nitrogens with zero attached hydrogens (tertiary/aromatic N) is 1. The van der Waals surface area contributed by atoms with Crippen molar-refractivity contribution < 1.29 is 4.79 Å². The van der Waals surface area contributed by atoms with Crippen molar-refractivity contribution >= 4 is 33.3 Å². The highest BCUT2D eigenvalue weighted by Gasteiger charge is 2.06. The molecule has 0 aliphatic carbocycles. The highest BCUT2D eigenvalue weighted by molar-refractivity contribution is 9.10. The largest absolute Gasteiger partial charge is 0.370 e. The average molecular weight is 376 g/mol. The average Bonchev–Trinajstić information content (AvgIpc) is 2.54. The van der Waals surface area contributed by atoms with Crippen LogP contribution in [0.25, 0.3) is 0 Å². The predicted octanol–water partition coefficient (Wildman–Crippen LogP) is 4.41. The Balaban J connectivity index is 1.80. The third-order valence-electron chi connectivity index (χ3n) is 3.52. The molecule has 0 radical (unpaired) electrons. The van der Waals surface area contributed by atoms with E-state index in [1.165, 1.54) is 11.3 Å². The van der Waals surface area contributed by atoms with Crippen molar-refractivity contribution in [2.75, 3.05) is 29.9 Å². The van der Waals surface area contributed by atoms with Gasteiger partial charge in [0.2, 0.25) is 0 Å². The number of benzene rings is 2. The van der Waals surface area contributed by atoms with Gasteiger partial charge in [0.1, 0.15) is 0 Å². The van der Waals surface area contributed by atoms with E-state index in [2.05, 4.69) is 69.6 Å². The molecule has 0 aliphatic rings. The van der Waals surface area contributed by atoms with Gasteiger partial charge >= 0.3 is 6.03 Å². The van der Waals surface area contributed by atoms with Crippen molar-refractivity contribution in [2.24, 2.45) is 0 Å². The van der Waals surface area contributed by atoms with Gasteiger partial charge in [-0.05, 0) is 55.8 Å². The first-order valence-corrected chi connectivity index (χ1v) is 8.50. The third kappa shape index (κ3) is 5.60. The minimum atomic E-state index is -0.187. The number of hydrogen-bond donors (Lipinski definition) is 2. The fourth-order valence-corrected chi connectivity index (χ4v) is 2.57. The zero-order valence-corrected chi connectivity index (χ0v) is 15.1. The van der Waals surface area contributed by atoms with Gasteiger partial charge in [-0.2, -0.15) is 0 Å². The van der Waals surface area contributed by atoms with Crippen LogP contribution in [0, 0.1) is 6.92 Å². The molecule has 0 saturated heterocycles. The van der Waals surface area contributed by atoms with Gasteiger partial charge < -0.3 is 15.5 Å². The van der Waals surface area contributed by atoms with Crippen LogP contribution in [0.5, 0.6) is 0 Å². The first-order chi connectivity index (χ1) is 11.1. The molecule has 0 bridgehead atoms. The minimum Gasteiger partial charge on any atom is -0.370 e. The molecule has 5 heteroatoms. The molecule has 4 nitrogen and oxygen atoms in total. The molecule has 0 spiro atoms. The fraction of sp³-hybridized carbons (Fsp3) is 0.278. The van der Waals surface area contributed by atoms with Gasteiger partial charge in [0.05, 0.1) is 0 Å². The van der Waals surface area contributed by atoms with Crippen LogP contribution in [-0.2, 0) is 0 Å². The van der Waals surface area contributed by atoms with Gasteiger partial charge in [-0.15, -0.1) is 0 Å². The molecule has 0 atom stereocenters. The van der Waals surface area contributed by atoms with Gasteiger partial charge in [-0.3, -0.25) is 0 Å². The number of aryl methyl sites for hydroxylation is 1. The molecule has 2 amide bonds. The lowest BCUT2D eigenvalue weighted by Crippen LogP contribution is -2.37. The maximum absolute atomic E-state index is 11.9. The maximum Gasteiger partial charge on any atom is 0.319 e. The molecule has 23 heavy (non-hydrogen) atoms. The van der Waals surface area contributed by atoms with Crippen molar-refractivity contribution in [3.63, 3.8) is 0 Å². The van der Waals surface area contributed by atoms with E-state index < -0.39 is 0 Å². The van der Waals surface area contributed by atoms with E-state index in [0.717, 1.165) is 23.2 Å². The smallest absolute Gasteiger partial charge is 0.319 e. The summed E-state index contributed by atoms with van der Waals surface area (Å²) in [6, 6.07) is 15.7. The summed E-state index contributed by atoms with van der Waals surface area (Å²) in [6.07, 6.45) is 0. The molecule has 0 unspecified atom stereocenters. The summed E-state index contributed by atoms with van der Waals surface area (Å²) in [5.41, 5.74) is 3.20. The lowest BCUT2D eigenvalue weighted by molar-refractivity contribution is 0.252. The monoisotopic (exact) mass is 375 g/mol. The number of rotatable bonds is 6. The summed E-state index contributed by atoms with van der Waals surface area (Å²) >= 11 is 3.37. The molecule has 2 rings (SSSR count). The first kappa shape index (κ1) is 17.3. The SMILES string of the molecule is CCN(CCNC(=O)Nc1ccc(Br)cc1)c1cccc(C)c1. The van der Waals surface area contributed by atoms with Crippen LogP contribution in [0.4, 0.5) is 16.2 Å². The summed E-state index contributed by atoms with van der Waals surface area (Å²) < 4.78 is 0.986. The predicted molar refractivity (Wildman–Crippen MR) is 100 cm³/mol. The molecule has 2 aromatic carbocycles. The van der Waals surface area contributed by atoms with Gasteiger partial charge in [0, 0.05) is 35.5 Å². The molecule has 0 aromatic heterocycles. The second kappa shape index (κ2) is 8.58. The van der Waals surface area contributed by atoms with E-state index in [-0.39, 0.29) is 6.03 Å². The van der Waals surface area contributed by atoms with E-state index in [4.69, 9.17) is 0 Å². The zero-order valence-electron chi connectivity index (χ0n) is 13.5. The molecule has 2 aromatic rings. The number of halogens is 1. The number of hydrogen-bond acceptors (Lipinski definition) is 2. The summed E-state index contributed by atoms with van der Waals surface area (Å²) in [5.74, 6) is 0. The lowest BCUT2D eigenvalue weighted by Gasteiger charge is -2.23. The van der Waals surface area contributed by atoms with Crippen LogP contribution >= 0.6 is 15.9 Å². The Morgan fingerprint density at radius 1 is 1.17 bits per heavy atom. The summed E-state index contributed by atoms with van der Waals surface area (Å²) in [4.78, 5) is 14.1. The van der Waals surface area contributed by atoms with E-state index in [9.17, 15) is 4.79 Å². The van der Waals surface area contributed by atoms with E-state index in [0.29, 0.717) is 6.54 Å². The van der Waals surface area contributed by atoms with Crippen molar-refractivity contribution in [1.29, 1.82) is 0 Å². The Kier molecular flexibility index (Phi) is 6.47. The van der Waals surface area contributed by atoms with Crippen molar-refractivity contribution in [1.82, 2.24) is 5.32 Å². The number of urea groups is 1. The zero-order chi connectivity index (χ0) is 16.7. The molecule has 0 aliphatic heterocycles. The molecule has 2 N–H and O–H groups in total. The maximum atomic E-state index is 11.9. The number of carbonyl (C=O) groups excluding carboxylic acids is 1. The highest BCUT2D eigenvalue weighted by Crippen LogP contribution is 2.15. The lowest BCUT2D eigenvalue weighted by atomic mass is 10.2. The molecule has 122 valence electrons. The standard InChI is InChI=1S/C18H22BrN3O/c1-3-22(17-6-4-5-14(2)13-17)12-11-20-18(23)21-16-9-7-15(19)8-10-16/h4-10,13H,3,11-12H2,1-2H3,(H2,20,21,23). The Hall–Kier alpha value is -2.01. The van der Waals surface area contributed by atoms with Crippen molar-refractivity contribution in [3.8, 4) is 0 Å². The molecular formula is C18H22BrN3O. The minimum absolute atomic E-state index is 0.187. The number of likely N-dealkylation sites (N-methyl/N-ethyl adjacent to an activating group) is 1. The molecule has 0 fully saturated rings. The number of amides is 2. The molecule has 0 heterocycles. The summed E-state index contributed by atoms with van der Waals surface area (Å²) in [7, 11) is 0. The Morgan fingerprint density at radius 2 is 1.91 bits per heavy atom. The van der Waals surface area contributed by atoms with Gasteiger partial charge in [-0.1, -0.05) is 28.1 Å². The third-order valence-corrected chi connectivity index (χ3v) is 4.05. The molecular weight excluding hydrogens is 354 g/mol. The number of nitrogens with one attached hydrogen (secondary N) is 2. The first-order valence-electron chi connectivity index (χ1n) is 7.70. The number of carbonyl (C=O) groups is 1. The van der Waals surface area contributed by atoms with Crippen LogP contribution in [0.1, 0.15) is 12.5 Å². The van der Waals surface area contributed by atoms with Gasteiger partial charge in [0.15, 0.2) is 0 Å². The fourth-order valence-electron chi connectivity index (χ4n) is 2.31. The van der Waals surface area contributed by atoms with Gasteiger partial charge in [0.25, 0.3) is 0 Å². The van der Waals surface area contributed by atoms with Gasteiger partial charge in [-0.25, -0.2) is 4.79 Å². The quantitative estimate of drug-likeness (QED) is 0.785.